The third-order valence-corrected chi connectivity index (χ3v) is 5.78. The van der Waals surface area contributed by atoms with Crippen molar-refractivity contribution in [3.8, 4) is 0 Å². The first-order valence-corrected chi connectivity index (χ1v) is 9.85. The van der Waals surface area contributed by atoms with E-state index in [1.54, 1.807) is 0 Å². The first-order chi connectivity index (χ1) is 13.7. The summed E-state index contributed by atoms with van der Waals surface area (Å²) in [4.78, 5) is 34.4. The van der Waals surface area contributed by atoms with Crippen LogP contribution in [-0.4, -0.2) is 34.0 Å². The lowest BCUT2D eigenvalue weighted by Gasteiger charge is -2.32. The third kappa shape index (κ3) is 2.44. The molecule has 0 spiro atoms. The van der Waals surface area contributed by atoms with Gasteiger partial charge in [-0.3, -0.25) is 9.59 Å². The third-order valence-electron chi connectivity index (χ3n) is 5.78. The lowest BCUT2D eigenvalue weighted by Crippen LogP contribution is -2.46. The molecule has 3 heterocycles. The number of para-hydroxylation sites is 3. The molecule has 5 rings (SSSR count). The van der Waals surface area contributed by atoms with Crippen LogP contribution in [0.15, 0.2) is 48.5 Å². The van der Waals surface area contributed by atoms with Crippen LogP contribution in [0.3, 0.4) is 0 Å². The minimum atomic E-state index is -0.492. The van der Waals surface area contributed by atoms with Gasteiger partial charge in [-0.15, -0.1) is 0 Å². The highest BCUT2D eigenvalue weighted by Gasteiger charge is 2.45. The molecule has 6 nitrogen and oxygen atoms in total. The summed E-state index contributed by atoms with van der Waals surface area (Å²) in [5, 5.41) is 0. The number of fused-ring (bicyclic) bond motifs is 3. The largest absolute Gasteiger partial charge is 0.330 e. The van der Waals surface area contributed by atoms with Gasteiger partial charge in [-0.2, -0.15) is 0 Å². The van der Waals surface area contributed by atoms with E-state index < -0.39 is 6.04 Å². The van der Waals surface area contributed by atoms with E-state index in [0.717, 1.165) is 48.5 Å². The molecular formula is C22H22N4O2. The molecule has 28 heavy (non-hydrogen) atoms. The average molecular weight is 374 g/mol. The average Bonchev–Trinajstić information content (AvgIpc) is 3.25. The van der Waals surface area contributed by atoms with E-state index >= 15 is 0 Å². The highest BCUT2D eigenvalue weighted by Crippen LogP contribution is 2.34. The number of anilines is 2. The van der Waals surface area contributed by atoms with Gasteiger partial charge in [0.05, 0.1) is 23.1 Å². The molecule has 1 aromatic heterocycles. The molecule has 0 N–H and O–H groups in total. The monoisotopic (exact) mass is 374 g/mol. The van der Waals surface area contributed by atoms with E-state index in [-0.39, 0.29) is 18.2 Å². The summed E-state index contributed by atoms with van der Waals surface area (Å²) in [5.74, 6) is 0.514. The summed E-state index contributed by atoms with van der Waals surface area (Å²) in [6, 6.07) is 15.2. The van der Waals surface area contributed by atoms with Crippen LogP contribution in [0.5, 0.6) is 0 Å². The summed E-state index contributed by atoms with van der Waals surface area (Å²) < 4.78 is 2.17. The Morgan fingerprint density at radius 3 is 2.68 bits per heavy atom. The number of aromatic nitrogens is 2. The molecule has 2 aliphatic rings. The molecule has 0 saturated carbocycles. The van der Waals surface area contributed by atoms with E-state index in [0.29, 0.717) is 5.69 Å². The van der Waals surface area contributed by atoms with Crippen molar-refractivity contribution in [1.29, 1.82) is 0 Å². The molecule has 1 atom stereocenters. The molecule has 2 amide bonds. The van der Waals surface area contributed by atoms with Crippen LogP contribution in [0, 0.1) is 0 Å². The molecule has 0 bridgehead atoms. The Balaban J connectivity index is 1.54. The lowest BCUT2D eigenvalue weighted by molar-refractivity contribution is -0.121. The molecule has 0 aliphatic carbocycles. The standard InChI is InChI=1S/C22H22N4O2/c1-2-15-8-3-5-10-17(15)26-20(27)14-19(21(26)28)25-13-7-12-24-18-11-6-4-9-16(18)23-22(24)25/h3-6,8-11,19H,2,7,12-14H2,1H3. The first-order valence-electron chi connectivity index (χ1n) is 9.85. The number of imide groups is 1. The van der Waals surface area contributed by atoms with Crippen molar-refractivity contribution in [3.63, 3.8) is 0 Å². The number of rotatable bonds is 3. The van der Waals surface area contributed by atoms with Gasteiger partial charge in [0.1, 0.15) is 6.04 Å². The molecule has 2 aromatic carbocycles. The highest BCUT2D eigenvalue weighted by molar-refractivity contribution is 6.23. The fourth-order valence-electron chi connectivity index (χ4n) is 4.44. The van der Waals surface area contributed by atoms with Crippen LogP contribution in [0.25, 0.3) is 11.0 Å². The highest BCUT2D eigenvalue weighted by atomic mass is 16.2. The summed E-state index contributed by atoms with van der Waals surface area (Å²) in [5.41, 5.74) is 3.73. The van der Waals surface area contributed by atoms with Crippen LogP contribution in [0.1, 0.15) is 25.3 Å². The molecule has 6 heteroatoms. The second-order valence-electron chi connectivity index (χ2n) is 7.37. The molecule has 142 valence electrons. The predicted octanol–water partition coefficient (Wildman–Crippen LogP) is 3.14. The van der Waals surface area contributed by atoms with Crippen LogP contribution >= 0.6 is 0 Å². The van der Waals surface area contributed by atoms with Gasteiger partial charge in [0.25, 0.3) is 5.91 Å². The minimum absolute atomic E-state index is 0.135. The topological polar surface area (TPSA) is 58.4 Å². The predicted molar refractivity (Wildman–Crippen MR) is 108 cm³/mol. The zero-order valence-electron chi connectivity index (χ0n) is 15.8. The Hall–Kier alpha value is -3.15. The Morgan fingerprint density at radius 2 is 1.82 bits per heavy atom. The fourth-order valence-corrected chi connectivity index (χ4v) is 4.44. The van der Waals surface area contributed by atoms with Gasteiger partial charge < -0.3 is 9.47 Å². The second-order valence-corrected chi connectivity index (χ2v) is 7.37. The van der Waals surface area contributed by atoms with Crippen LogP contribution < -0.4 is 9.80 Å². The van der Waals surface area contributed by atoms with Gasteiger partial charge >= 0.3 is 0 Å². The molecule has 2 aliphatic heterocycles. The van der Waals surface area contributed by atoms with Crippen LogP contribution in [0.4, 0.5) is 11.6 Å². The summed E-state index contributed by atoms with van der Waals surface area (Å²) in [7, 11) is 0. The van der Waals surface area contributed by atoms with E-state index in [2.05, 4.69) is 10.6 Å². The van der Waals surface area contributed by atoms with E-state index in [9.17, 15) is 9.59 Å². The second kappa shape index (κ2) is 6.48. The van der Waals surface area contributed by atoms with Crippen LogP contribution in [-0.2, 0) is 22.6 Å². The molecule has 1 saturated heterocycles. The van der Waals surface area contributed by atoms with Crippen molar-refractivity contribution in [2.75, 3.05) is 16.3 Å². The number of nitrogens with zero attached hydrogens (tertiary/aromatic N) is 4. The van der Waals surface area contributed by atoms with E-state index in [4.69, 9.17) is 4.98 Å². The van der Waals surface area contributed by atoms with Gasteiger partial charge in [0, 0.05) is 13.1 Å². The summed E-state index contributed by atoms with van der Waals surface area (Å²) in [6.07, 6.45) is 1.90. The van der Waals surface area contributed by atoms with Gasteiger partial charge in [-0.05, 0) is 36.6 Å². The van der Waals surface area contributed by atoms with Gasteiger partial charge in [-0.1, -0.05) is 37.3 Å². The zero-order chi connectivity index (χ0) is 19.3. The Labute approximate surface area is 163 Å². The van der Waals surface area contributed by atoms with Gasteiger partial charge in [-0.25, -0.2) is 9.88 Å². The Bertz CT molecular complexity index is 1090. The molecule has 1 unspecified atom stereocenters. The number of aryl methyl sites for hydroxylation is 2. The van der Waals surface area contributed by atoms with E-state index in [1.165, 1.54) is 4.90 Å². The lowest BCUT2D eigenvalue weighted by atomic mass is 10.1. The molecular weight excluding hydrogens is 352 g/mol. The van der Waals surface area contributed by atoms with Gasteiger partial charge in [0.2, 0.25) is 11.9 Å². The van der Waals surface area contributed by atoms with Crippen LogP contribution in [0.2, 0.25) is 0 Å². The summed E-state index contributed by atoms with van der Waals surface area (Å²) in [6.45, 7) is 3.65. The van der Waals surface area contributed by atoms with Gasteiger partial charge in [0.15, 0.2) is 0 Å². The molecule has 0 radical (unpaired) electrons. The van der Waals surface area contributed by atoms with Crippen molar-refractivity contribution in [3.05, 3.63) is 54.1 Å². The SMILES string of the molecule is CCc1ccccc1N1C(=O)CC(N2CCCn3c2nc2ccccc23)C1=O. The van der Waals surface area contributed by atoms with E-state index in [1.807, 2.05) is 54.3 Å². The Morgan fingerprint density at radius 1 is 1.04 bits per heavy atom. The Kier molecular flexibility index (Phi) is 3.93. The molecule has 1 fully saturated rings. The minimum Gasteiger partial charge on any atom is -0.330 e. The van der Waals surface area contributed by atoms with Crippen molar-refractivity contribution >= 4 is 34.5 Å². The number of imidazole rings is 1. The molecule has 3 aromatic rings. The maximum Gasteiger partial charge on any atom is 0.257 e. The quantitative estimate of drug-likeness (QED) is 0.661. The van der Waals surface area contributed by atoms with Crippen molar-refractivity contribution in [1.82, 2.24) is 9.55 Å². The zero-order valence-corrected chi connectivity index (χ0v) is 15.8. The number of amides is 2. The number of hydrogen-bond donors (Lipinski definition) is 0. The smallest absolute Gasteiger partial charge is 0.257 e. The number of carbonyl (C=O) groups is 2. The normalized spacial score (nSPS) is 19.5. The van der Waals surface area contributed by atoms with Crippen molar-refractivity contribution in [2.24, 2.45) is 0 Å². The summed E-state index contributed by atoms with van der Waals surface area (Å²) >= 11 is 0. The maximum atomic E-state index is 13.3. The fraction of sp³-hybridized carbons (Fsp3) is 0.318. The maximum absolute atomic E-state index is 13.3. The van der Waals surface area contributed by atoms with Crippen molar-refractivity contribution < 1.29 is 9.59 Å². The number of carbonyl (C=O) groups excluding carboxylic acids is 2. The number of hydrogen-bond acceptors (Lipinski definition) is 4. The number of benzene rings is 2. The van der Waals surface area contributed by atoms with Crippen molar-refractivity contribution in [2.45, 2.75) is 38.8 Å². The first kappa shape index (κ1) is 17.0.